The lowest BCUT2D eigenvalue weighted by molar-refractivity contribution is 0.120. The van der Waals surface area contributed by atoms with Crippen molar-refractivity contribution in [2.75, 3.05) is 0 Å². The largest absolute Gasteiger partial charge is 0.207 e. The van der Waals surface area contributed by atoms with E-state index < -0.39 is 0 Å². The fourth-order valence-corrected chi connectivity index (χ4v) is 3.37. The van der Waals surface area contributed by atoms with E-state index >= 15 is 0 Å². The lowest BCUT2D eigenvalue weighted by Gasteiger charge is -2.40. The molecule has 108 valence electrons. The molecule has 20 heavy (non-hydrogen) atoms. The highest BCUT2D eigenvalue weighted by molar-refractivity contribution is 5.21. The van der Waals surface area contributed by atoms with Crippen molar-refractivity contribution in [1.29, 1.82) is 5.26 Å². The van der Waals surface area contributed by atoms with E-state index in [1.807, 2.05) is 12.1 Å². The molecule has 0 bridgehead atoms. The van der Waals surface area contributed by atoms with Crippen LogP contribution >= 0.6 is 0 Å². The minimum Gasteiger partial charge on any atom is -0.207 e. The summed E-state index contributed by atoms with van der Waals surface area (Å²) in [5.41, 5.74) is 0.618. The number of benzene rings is 1. The SMILES string of the molecule is CC(C)(C)C1CCC(C#N)(Cc2ccccc2F)CC1. The predicted molar refractivity (Wildman–Crippen MR) is 79.6 cm³/mol. The molecule has 1 aromatic carbocycles. The summed E-state index contributed by atoms with van der Waals surface area (Å²) in [5.74, 6) is 0.490. The van der Waals surface area contributed by atoms with Crippen molar-refractivity contribution in [2.24, 2.45) is 16.7 Å². The summed E-state index contributed by atoms with van der Waals surface area (Å²) in [6, 6.07) is 9.35. The van der Waals surface area contributed by atoms with E-state index in [4.69, 9.17) is 0 Å². The van der Waals surface area contributed by atoms with Gasteiger partial charge in [0.1, 0.15) is 5.82 Å². The summed E-state index contributed by atoms with van der Waals surface area (Å²) >= 11 is 0. The van der Waals surface area contributed by atoms with Crippen LogP contribution in [-0.4, -0.2) is 0 Å². The molecule has 1 fully saturated rings. The van der Waals surface area contributed by atoms with Crippen LogP contribution in [0.4, 0.5) is 4.39 Å². The normalized spacial score (nSPS) is 27.1. The van der Waals surface area contributed by atoms with Gasteiger partial charge in [0.05, 0.1) is 11.5 Å². The van der Waals surface area contributed by atoms with Crippen LogP contribution in [0.5, 0.6) is 0 Å². The van der Waals surface area contributed by atoms with Crippen LogP contribution in [-0.2, 0) is 6.42 Å². The zero-order valence-electron chi connectivity index (χ0n) is 12.7. The average molecular weight is 273 g/mol. The predicted octanol–water partition coefficient (Wildman–Crippen LogP) is 5.11. The minimum atomic E-state index is -0.371. The first-order chi connectivity index (χ1) is 9.36. The van der Waals surface area contributed by atoms with Gasteiger partial charge in [0.2, 0.25) is 0 Å². The molecule has 0 spiro atoms. The Balaban J connectivity index is 2.10. The summed E-state index contributed by atoms with van der Waals surface area (Å²) in [6.07, 6.45) is 4.48. The maximum absolute atomic E-state index is 13.8. The van der Waals surface area contributed by atoms with E-state index in [2.05, 4.69) is 26.8 Å². The zero-order valence-corrected chi connectivity index (χ0v) is 12.7. The molecule has 2 heteroatoms. The Bertz CT molecular complexity index is 499. The Morgan fingerprint density at radius 3 is 2.35 bits per heavy atom. The number of hydrogen-bond acceptors (Lipinski definition) is 1. The van der Waals surface area contributed by atoms with Gasteiger partial charge in [-0.15, -0.1) is 0 Å². The molecule has 0 N–H and O–H groups in total. The quantitative estimate of drug-likeness (QED) is 0.734. The van der Waals surface area contributed by atoms with Crippen molar-refractivity contribution in [3.63, 3.8) is 0 Å². The van der Waals surface area contributed by atoms with E-state index in [0.29, 0.717) is 23.3 Å². The fourth-order valence-electron chi connectivity index (χ4n) is 3.37. The molecule has 1 saturated carbocycles. The van der Waals surface area contributed by atoms with E-state index in [0.717, 1.165) is 25.7 Å². The molecule has 0 saturated heterocycles. The first-order valence-electron chi connectivity index (χ1n) is 7.51. The molecule has 1 aromatic rings. The average Bonchev–Trinajstić information content (AvgIpc) is 2.41. The van der Waals surface area contributed by atoms with Gasteiger partial charge in [0, 0.05) is 0 Å². The molecule has 1 nitrogen and oxygen atoms in total. The summed E-state index contributed by atoms with van der Waals surface area (Å²) in [5, 5.41) is 9.61. The second-order valence-corrected chi connectivity index (χ2v) is 7.30. The molecule has 0 aromatic heterocycles. The van der Waals surface area contributed by atoms with Gasteiger partial charge in [-0.05, 0) is 55.1 Å². The fraction of sp³-hybridized carbons (Fsp3) is 0.611. The standard InChI is InChI=1S/C18H24FN/c1-17(2,3)15-8-10-18(13-20,11-9-15)12-14-6-4-5-7-16(14)19/h4-7,15H,8-12H2,1-3H3. The third kappa shape index (κ3) is 3.20. The first-order valence-corrected chi connectivity index (χ1v) is 7.51. The lowest BCUT2D eigenvalue weighted by Crippen LogP contribution is -2.33. The highest BCUT2D eigenvalue weighted by atomic mass is 19.1. The van der Waals surface area contributed by atoms with Crippen molar-refractivity contribution < 1.29 is 4.39 Å². The van der Waals surface area contributed by atoms with E-state index in [9.17, 15) is 9.65 Å². The number of hydrogen-bond donors (Lipinski definition) is 0. The molecular formula is C18H24FN. The molecular weight excluding hydrogens is 249 g/mol. The van der Waals surface area contributed by atoms with Crippen LogP contribution in [0.25, 0.3) is 0 Å². The highest BCUT2D eigenvalue weighted by Crippen LogP contribution is 2.46. The zero-order chi connectivity index (χ0) is 14.8. The summed E-state index contributed by atoms with van der Waals surface area (Å²) < 4.78 is 13.8. The molecule has 1 aliphatic carbocycles. The molecule has 0 unspecified atom stereocenters. The van der Waals surface area contributed by atoms with Gasteiger partial charge in [0.15, 0.2) is 0 Å². The van der Waals surface area contributed by atoms with Crippen molar-refractivity contribution in [1.82, 2.24) is 0 Å². The van der Waals surface area contributed by atoms with Crippen LogP contribution in [0.1, 0.15) is 52.0 Å². The van der Waals surface area contributed by atoms with Crippen LogP contribution in [0.15, 0.2) is 24.3 Å². The third-order valence-electron chi connectivity index (χ3n) is 4.89. The molecule has 0 radical (unpaired) electrons. The molecule has 0 heterocycles. The smallest absolute Gasteiger partial charge is 0.126 e. The monoisotopic (exact) mass is 273 g/mol. The number of nitrogens with zero attached hydrogens (tertiary/aromatic N) is 1. The number of nitriles is 1. The van der Waals surface area contributed by atoms with Gasteiger partial charge in [-0.25, -0.2) is 4.39 Å². The Hall–Kier alpha value is -1.36. The summed E-state index contributed by atoms with van der Waals surface area (Å²) in [4.78, 5) is 0. The van der Waals surface area contributed by atoms with E-state index in [1.54, 1.807) is 6.07 Å². The first kappa shape index (κ1) is 15.0. The van der Waals surface area contributed by atoms with Crippen molar-refractivity contribution >= 4 is 0 Å². The topological polar surface area (TPSA) is 23.8 Å². The van der Waals surface area contributed by atoms with Crippen molar-refractivity contribution in [3.05, 3.63) is 35.6 Å². The molecule has 2 rings (SSSR count). The molecule has 0 amide bonds. The van der Waals surface area contributed by atoms with Crippen LogP contribution in [0, 0.1) is 33.9 Å². The van der Waals surface area contributed by atoms with E-state index in [1.165, 1.54) is 6.07 Å². The maximum atomic E-state index is 13.8. The second kappa shape index (κ2) is 5.56. The third-order valence-corrected chi connectivity index (χ3v) is 4.89. The van der Waals surface area contributed by atoms with Crippen LogP contribution in [0.3, 0.4) is 0 Å². The summed E-state index contributed by atoms with van der Waals surface area (Å²) in [6.45, 7) is 6.82. The Kier molecular flexibility index (Phi) is 4.18. The Morgan fingerprint density at radius 1 is 1.25 bits per heavy atom. The van der Waals surface area contributed by atoms with Gasteiger partial charge in [-0.3, -0.25) is 0 Å². The Labute approximate surface area is 121 Å². The van der Waals surface area contributed by atoms with E-state index in [-0.39, 0.29) is 11.2 Å². The molecule has 0 aliphatic heterocycles. The van der Waals surface area contributed by atoms with Gasteiger partial charge in [-0.2, -0.15) is 5.26 Å². The maximum Gasteiger partial charge on any atom is 0.126 e. The van der Waals surface area contributed by atoms with Crippen LogP contribution in [0.2, 0.25) is 0 Å². The van der Waals surface area contributed by atoms with Crippen molar-refractivity contribution in [2.45, 2.75) is 52.9 Å². The van der Waals surface area contributed by atoms with Gasteiger partial charge in [-0.1, -0.05) is 39.0 Å². The summed E-state index contributed by atoms with van der Waals surface area (Å²) in [7, 11) is 0. The minimum absolute atomic E-state index is 0.180. The highest BCUT2D eigenvalue weighted by Gasteiger charge is 2.39. The number of halogens is 1. The van der Waals surface area contributed by atoms with Crippen LogP contribution < -0.4 is 0 Å². The lowest BCUT2D eigenvalue weighted by atomic mass is 9.63. The van der Waals surface area contributed by atoms with Gasteiger partial charge in [0.25, 0.3) is 0 Å². The second-order valence-electron chi connectivity index (χ2n) is 7.30. The molecule has 1 aliphatic rings. The molecule has 0 atom stereocenters. The Morgan fingerprint density at radius 2 is 1.85 bits per heavy atom. The van der Waals surface area contributed by atoms with Crippen molar-refractivity contribution in [3.8, 4) is 6.07 Å². The van der Waals surface area contributed by atoms with Gasteiger partial charge >= 0.3 is 0 Å². The number of rotatable bonds is 2. The van der Waals surface area contributed by atoms with Gasteiger partial charge < -0.3 is 0 Å².